The number of hydrogen-bond donors (Lipinski definition) is 12. The summed E-state index contributed by atoms with van der Waals surface area (Å²) in [4.78, 5) is 113. The molecule has 0 spiro atoms. The van der Waals surface area contributed by atoms with Crippen molar-refractivity contribution >= 4 is 64.4 Å². The van der Waals surface area contributed by atoms with Crippen molar-refractivity contribution < 1.29 is 140 Å². The molecule has 1 aromatic heterocycles. The Bertz CT molecular complexity index is 3470. The van der Waals surface area contributed by atoms with Crippen molar-refractivity contribution in [2.45, 2.75) is 185 Å². The van der Waals surface area contributed by atoms with Crippen molar-refractivity contribution in [1.82, 2.24) is 31.2 Å². The van der Waals surface area contributed by atoms with Gasteiger partial charge in [0.2, 0.25) is 29.9 Å². The van der Waals surface area contributed by atoms with Gasteiger partial charge in [0.15, 0.2) is 12.1 Å². The van der Waals surface area contributed by atoms with E-state index in [-0.39, 0.29) is 108 Å². The van der Waals surface area contributed by atoms with Crippen molar-refractivity contribution in [3.05, 3.63) is 75.7 Å². The van der Waals surface area contributed by atoms with E-state index >= 15 is 0 Å². The molecule has 3 heterocycles. The zero-order chi connectivity index (χ0) is 89.0. The lowest BCUT2D eigenvalue weighted by molar-refractivity contribution is -0.942. The van der Waals surface area contributed by atoms with E-state index in [0.29, 0.717) is 203 Å². The number of hydrogen-bond acceptors (Lipinski definition) is 29. The highest BCUT2D eigenvalue weighted by atomic mass is 32.1. The van der Waals surface area contributed by atoms with Gasteiger partial charge in [0.05, 0.1) is 183 Å². The summed E-state index contributed by atoms with van der Waals surface area (Å²) in [5.74, 6) is -6.63. The van der Waals surface area contributed by atoms with E-state index in [4.69, 9.17) is 72.0 Å². The number of likely N-dealkylation sites (tertiary alicyclic amines) is 1. The Hall–Kier alpha value is -7.13. The number of quaternary nitrogens is 1. The predicted molar refractivity (Wildman–Crippen MR) is 448 cm³/mol. The van der Waals surface area contributed by atoms with E-state index in [9.17, 15) is 69.0 Å². The van der Waals surface area contributed by atoms with Crippen molar-refractivity contribution in [1.29, 1.82) is 0 Å². The fourth-order valence-corrected chi connectivity index (χ4v) is 14.4. The van der Waals surface area contributed by atoms with E-state index in [1.54, 1.807) is 38.1 Å². The molecule has 2 saturated heterocycles. The molecule has 2 fully saturated rings. The number of carbonyl (C=O) groups excluding carboxylic acids is 6. The van der Waals surface area contributed by atoms with Crippen molar-refractivity contribution in [3.8, 4) is 5.75 Å². The van der Waals surface area contributed by atoms with Gasteiger partial charge in [-0.05, 0) is 80.5 Å². The third-order valence-corrected chi connectivity index (χ3v) is 21.8. The number of amides is 6. The molecule has 2 aliphatic heterocycles. The Balaban J connectivity index is 0.993. The van der Waals surface area contributed by atoms with E-state index in [2.05, 4.69) is 31.6 Å². The third-order valence-electron chi connectivity index (χ3n) is 20.9. The zero-order valence-corrected chi connectivity index (χ0v) is 73.2. The smallest absolute Gasteiger partial charge is 0.335 e. The molecule has 13 N–H and O–H groups in total. The summed E-state index contributed by atoms with van der Waals surface area (Å²) in [6, 6.07) is 10.4. The molecule has 122 heavy (non-hydrogen) atoms. The number of nitrogens with zero attached hydrogens (tertiary/aromatic N) is 3. The number of piperidine rings is 1. The summed E-state index contributed by atoms with van der Waals surface area (Å²) in [5, 5.41) is 79.4. The van der Waals surface area contributed by atoms with Crippen molar-refractivity contribution in [3.63, 3.8) is 0 Å². The Kier molecular flexibility index (Phi) is 52.3. The minimum Gasteiger partial charge on any atom is -0.481 e. The highest BCUT2D eigenvalue weighted by molar-refractivity contribution is 7.09. The van der Waals surface area contributed by atoms with Gasteiger partial charge in [-0.3, -0.25) is 33.6 Å². The van der Waals surface area contributed by atoms with Crippen LogP contribution in [0.2, 0.25) is 0 Å². The maximum atomic E-state index is 14.9. The first-order chi connectivity index (χ1) is 58.7. The summed E-state index contributed by atoms with van der Waals surface area (Å²) in [6.07, 6.45) is -6.81. The number of benzene rings is 2. The van der Waals surface area contributed by atoms with E-state index < -0.39 is 103 Å². The number of thiazole rings is 1. The number of ether oxygens (including phenoxy) is 14. The lowest BCUT2D eigenvalue weighted by Crippen LogP contribution is -2.63. The molecule has 38 heteroatoms. The molecule has 0 bridgehead atoms. The minimum atomic E-state index is -2.01. The number of carboxylic acid groups (broad SMARTS) is 2. The summed E-state index contributed by atoms with van der Waals surface area (Å²) in [5.41, 5.74) is 7.80. The van der Waals surface area contributed by atoms with E-state index in [1.165, 1.54) is 11.4 Å². The lowest BCUT2D eigenvalue weighted by Gasteiger charge is -2.44. The van der Waals surface area contributed by atoms with Crippen LogP contribution >= 0.6 is 11.3 Å². The van der Waals surface area contributed by atoms with Gasteiger partial charge in [0.25, 0.3) is 11.8 Å². The Morgan fingerprint density at radius 2 is 1.20 bits per heavy atom. The van der Waals surface area contributed by atoms with Crippen LogP contribution in [0.4, 0.5) is 5.69 Å². The number of nitrogens with two attached hydrogens (primary N) is 1. The first-order valence-corrected chi connectivity index (χ1v) is 43.3. The molecule has 0 radical (unpaired) electrons. The molecule has 3 aromatic rings. The summed E-state index contributed by atoms with van der Waals surface area (Å²) >= 11 is 1.09. The Morgan fingerprint density at radius 3 is 1.72 bits per heavy atom. The monoisotopic (exact) mass is 1750 g/mol. The fraction of sp³-hybridized carbons (Fsp3) is 0.726. The second-order valence-electron chi connectivity index (χ2n) is 30.9. The maximum Gasteiger partial charge on any atom is 0.335 e. The quantitative estimate of drug-likeness (QED) is 0.0285. The van der Waals surface area contributed by atoms with Crippen LogP contribution in [-0.4, -0.2) is 346 Å². The second kappa shape index (κ2) is 60.5. The topological polar surface area (TPSA) is 489 Å². The van der Waals surface area contributed by atoms with Gasteiger partial charge in [-0.2, -0.15) is 0 Å². The molecule has 6 amide bonds. The number of aliphatic hydroxyl groups is 4. The van der Waals surface area contributed by atoms with Gasteiger partial charge >= 0.3 is 11.9 Å². The first kappa shape index (κ1) is 105. The van der Waals surface area contributed by atoms with Crippen LogP contribution in [0, 0.1) is 17.8 Å². The normalized spacial score (nSPS) is 19.6. The third kappa shape index (κ3) is 40.5. The molecule has 692 valence electrons. The number of carbonyl (C=O) groups is 8. The number of unbranched alkanes of at least 4 members (excludes halogenated alkanes) is 1. The van der Waals surface area contributed by atoms with E-state index in [0.717, 1.165) is 23.3 Å². The van der Waals surface area contributed by atoms with Gasteiger partial charge in [0.1, 0.15) is 53.5 Å². The van der Waals surface area contributed by atoms with Crippen LogP contribution in [-0.2, 0) is 108 Å². The fourth-order valence-electron chi connectivity index (χ4n) is 13.6. The number of nitrogens with one attached hydrogen (secondary N) is 5. The molecule has 2 aromatic carbocycles. The Morgan fingerprint density at radius 1 is 0.648 bits per heavy atom. The average molecular weight is 1750 g/mol. The lowest BCUT2D eigenvalue weighted by atomic mass is 9.92. The number of likely N-dealkylation sites (N-methyl/N-ethyl adjacent to an activating group) is 2. The molecule has 5 rings (SSSR count). The summed E-state index contributed by atoms with van der Waals surface area (Å²) < 4.78 is 76.9. The largest absolute Gasteiger partial charge is 0.481 e. The van der Waals surface area contributed by atoms with Gasteiger partial charge in [-0.1, -0.05) is 71.4 Å². The zero-order valence-electron chi connectivity index (χ0n) is 72.3. The molecular formula is C84H138N9O28S+. The number of aliphatic hydroxyl groups excluding tert-OH is 4. The first-order valence-electron chi connectivity index (χ1n) is 42.5. The molecule has 2 aliphatic rings. The molecule has 0 saturated carbocycles. The molecule has 14 atom stereocenters. The van der Waals surface area contributed by atoms with Crippen LogP contribution in [0.15, 0.2) is 53.9 Å². The number of methoxy groups -OCH3 is 1. The highest BCUT2D eigenvalue weighted by Crippen LogP contribution is 2.35. The van der Waals surface area contributed by atoms with Crippen LogP contribution < -0.4 is 37.1 Å². The second-order valence-corrected chi connectivity index (χ2v) is 31.8. The van der Waals surface area contributed by atoms with Crippen molar-refractivity contribution in [2.24, 2.45) is 23.5 Å². The number of aromatic nitrogens is 1. The Labute approximate surface area is 720 Å². The number of aliphatic carboxylic acids is 2. The predicted octanol–water partition coefficient (Wildman–Crippen LogP) is 2.78. The van der Waals surface area contributed by atoms with Gasteiger partial charge in [0, 0.05) is 76.0 Å². The average Bonchev–Trinajstić information content (AvgIpc) is 0.918. The summed E-state index contributed by atoms with van der Waals surface area (Å²) in [7, 11) is 5.19. The number of carboxylic acids is 2. The van der Waals surface area contributed by atoms with E-state index in [1.807, 2.05) is 65.1 Å². The van der Waals surface area contributed by atoms with Gasteiger partial charge in [-0.25, -0.2) is 9.78 Å². The van der Waals surface area contributed by atoms with Crippen LogP contribution in [0.3, 0.4) is 0 Å². The standard InChI is InChI=1S/C84H137N9O28S/c1-9-58(4)72(81(103)92(6)66(57(2)3)54-68(94)80-90-65(56-122-80)78(101)88-62(51-59(5)82(104)105)52-60-17-11-10-12-18-60)91-79(102)67-20-14-16-27-93(67,7)55-61-21-22-69(120-84-75(99)73(97)74(98)76(121-84)83(106)107)64(53-61)89-71(96)23-26-87-77(100)63(85)19-13-15-25-86-70(95)24-28-109-31-32-111-35-36-113-39-40-115-43-44-117-47-48-119-50-49-118-46-45-116-42-41-114-38-37-112-34-33-110-30-29-108-8/h10-12,17-18,21-22,53,56-59,62-63,66-68,72-76,84,94,97-99H,9,13-16,19-20,23-52,54-55,85H2,1-8H3,(H6-,86,87,88,89,91,95,96,100,101,102,104,105,106,107)/p+1/t58-,59-,62+,63-,66+,67+,68+,72-,73-,74-,75+,76-,84+,93?/m0/s1. The molecule has 0 aliphatic carbocycles. The highest BCUT2D eigenvalue weighted by Gasteiger charge is 2.49. The van der Waals surface area contributed by atoms with Gasteiger partial charge in [-0.15, -0.1) is 11.3 Å². The van der Waals surface area contributed by atoms with Crippen molar-refractivity contribution in [2.75, 3.05) is 198 Å². The molecule has 37 nitrogen and oxygen atoms in total. The maximum absolute atomic E-state index is 14.9. The number of anilines is 1. The number of rotatable bonds is 68. The molecule has 1 unspecified atom stereocenters. The minimum absolute atomic E-state index is 0.0130. The van der Waals surface area contributed by atoms with Crippen LogP contribution in [0.25, 0.3) is 0 Å². The summed E-state index contributed by atoms with van der Waals surface area (Å²) in [6.45, 7) is 20.2. The van der Waals surface area contributed by atoms with Crippen LogP contribution in [0.5, 0.6) is 5.75 Å². The van der Waals surface area contributed by atoms with Gasteiger partial charge < -0.3 is 139 Å². The molecular weight excluding hydrogens is 1620 g/mol. The SMILES string of the molecule is CC[C@H](C)[C@H](NC(=O)[C@H]1CCCC[N+]1(C)Cc1ccc(O[C@@H]2O[C@H](C(=O)O)[C@@H](O)[C@H](O)[C@H]2O)c(NC(=O)CCNC(=O)[C@@H](N)CCCCNC(=O)CCOCCOCCOCCOCCOCCOCCOCCOCCOCCOCCOCCOC)c1)C(=O)N(C)[C@H](C[C@@H](O)c1nc(C(=O)N[C@@H](Cc2ccccc2)C[C@H](C)C(=O)O)cs1)C(C)C. The van der Waals surface area contributed by atoms with Crippen LogP contribution in [0.1, 0.15) is 138 Å².